The van der Waals surface area contributed by atoms with Crippen LogP contribution >= 0.6 is 11.6 Å². The number of hydrogen-bond donors (Lipinski definition) is 0. The Bertz CT molecular complexity index is 602. The summed E-state index contributed by atoms with van der Waals surface area (Å²) in [5.74, 6) is 0.893. The molecular weight excluding hydrogens is 282 g/mol. The van der Waals surface area contributed by atoms with Crippen LogP contribution in [-0.4, -0.2) is 34.6 Å². The molecule has 1 atom stereocenters. The van der Waals surface area contributed by atoms with Gasteiger partial charge in [-0.15, -0.1) is 10.2 Å². The molecule has 0 saturated carbocycles. The van der Waals surface area contributed by atoms with E-state index in [1.54, 1.807) is 12.3 Å². The van der Waals surface area contributed by atoms with Gasteiger partial charge in [0.1, 0.15) is 5.69 Å². The molecule has 1 aliphatic rings. The van der Waals surface area contributed by atoms with Crippen LogP contribution in [0.3, 0.4) is 0 Å². The van der Waals surface area contributed by atoms with Gasteiger partial charge in [0, 0.05) is 26.3 Å². The summed E-state index contributed by atoms with van der Waals surface area (Å²) in [7, 11) is 1.88. The second kappa shape index (κ2) is 5.20. The van der Waals surface area contributed by atoms with Gasteiger partial charge in [-0.3, -0.25) is 0 Å². The van der Waals surface area contributed by atoms with E-state index in [0.29, 0.717) is 36.6 Å². The second-order valence-electron chi connectivity index (χ2n) is 4.80. The lowest BCUT2D eigenvalue weighted by molar-refractivity contribution is -0.0657. The predicted octanol–water partition coefficient (Wildman–Crippen LogP) is 2.38. The van der Waals surface area contributed by atoms with Crippen molar-refractivity contribution in [3.8, 4) is 11.6 Å². The molecule has 1 unspecified atom stereocenters. The monoisotopic (exact) mass is 297 g/mol. The van der Waals surface area contributed by atoms with Crippen LogP contribution in [0.2, 0.25) is 5.02 Å². The Hall–Kier alpha value is -1.37. The minimum Gasteiger partial charge on any atom is -0.416 e. The minimum atomic E-state index is -0.616. The molecule has 0 radical (unpaired) electrons. The fraction of sp³-hybridized carbons (Fsp3) is 0.538. The van der Waals surface area contributed by atoms with Crippen molar-refractivity contribution in [1.29, 1.82) is 0 Å². The smallest absolute Gasteiger partial charge is 0.264 e. The van der Waals surface area contributed by atoms with Crippen LogP contribution in [0.1, 0.15) is 19.2 Å². The number of rotatable bonds is 4. The van der Waals surface area contributed by atoms with Crippen molar-refractivity contribution < 1.29 is 13.9 Å². The normalized spacial score (nSPS) is 22.6. The highest BCUT2D eigenvalue weighted by atomic mass is 35.5. The molecule has 0 aliphatic carbocycles. The maximum absolute atomic E-state index is 5.97. The Kier molecular flexibility index (Phi) is 3.54. The van der Waals surface area contributed by atoms with Crippen LogP contribution in [0, 0.1) is 0 Å². The maximum Gasteiger partial charge on any atom is 0.264 e. The number of hydrogen-bond acceptors (Lipinski definition) is 5. The summed E-state index contributed by atoms with van der Waals surface area (Å²) in [6.45, 7) is 3.58. The van der Waals surface area contributed by atoms with E-state index in [9.17, 15) is 0 Å². The fourth-order valence-electron chi connectivity index (χ4n) is 2.41. The van der Waals surface area contributed by atoms with Crippen molar-refractivity contribution in [3.05, 3.63) is 23.2 Å². The standard InChI is InChI=1S/C13H16ClN3O3/c1-3-19-13(4-5-18-8-13)12-16-15-11(20-12)10-6-9(14)7-17(10)2/h6-7H,3-5,8H2,1-2H3. The lowest BCUT2D eigenvalue weighted by Gasteiger charge is -2.22. The van der Waals surface area contributed by atoms with Crippen LogP contribution in [-0.2, 0) is 22.1 Å². The van der Waals surface area contributed by atoms with Crippen LogP contribution in [0.4, 0.5) is 0 Å². The van der Waals surface area contributed by atoms with Gasteiger partial charge in [-0.2, -0.15) is 0 Å². The first-order valence-electron chi connectivity index (χ1n) is 6.52. The van der Waals surface area contributed by atoms with E-state index in [1.807, 2.05) is 18.5 Å². The van der Waals surface area contributed by atoms with E-state index in [4.69, 9.17) is 25.5 Å². The summed E-state index contributed by atoms with van der Waals surface area (Å²) in [5.41, 5.74) is 0.161. The molecule has 2 aromatic heterocycles. The van der Waals surface area contributed by atoms with E-state index in [0.717, 1.165) is 12.1 Å². The number of ether oxygens (including phenoxy) is 2. The Morgan fingerprint density at radius 3 is 2.95 bits per heavy atom. The van der Waals surface area contributed by atoms with Gasteiger partial charge in [0.15, 0.2) is 5.60 Å². The molecule has 0 bridgehead atoms. The minimum absolute atomic E-state index is 0.431. The van der Waals surface area contributed by atoms with E-state index in [-0.39, 0.29) is 0 Å². The predicted molar refractivity (Wildman–Crippen MR) is 72.5 cm³/mol. The first kappa shape index (κ1) is 13.6. The highest BCUT2D eigenvalue weighted by Gasteiger charge is 2.43. The van der Waals surface area contributed by atoms with Gasteiger partial charge in [-0.1, -0.05) is 11.6 Å². The van der Waals surface area contributed by atoms with Crippen LogP contribution in [0.5, 0.6) is 0 Å². The molecule has 1 fully saturated rings. The topological polar surface area (TPSA) is 62.3 Å². The summed E-state index contributed by atoms with van der Waals surface area (Å²) < 4.78 is 18.9. The number of halogens is 1. The first-order valence-corrected chi connectivity index (χ1v) is 6.90. The molecule has 1 saturated heterocycles. The molecule has 0 amide bonds. The summed E-state index contributed by atoms with van der Waals surface area (Å²) in [5, 5.41) is 8.87. The molecule has 20 heavy (non-hydrogen) atoms. The molecule has 0 N–H and O–H groups in total. The van der Waals surface area contributed by atoms with E-state index < -0.39 is 5.60 Å². The second-order valence-corrected chi connectivity index (χ2v) is 5.23. The first-order chi connectivity index (χ1) is 9.64. The Labute approximate surface area is 121 Å². The number of aryl methyl sites for hydroxylation is 1. The van der Waals surface area contributed by atoms with Gasteiger partial charge in [0.2, 0.25) is 0 Å². The maximum atomic E-state index is 5.97. The molecule has 0 spiro atoms. The lowest BCUT2D eigenvalue weighted by Crippen LogP contribution is -2.30. The third-order valence-electron chi connectivity index (χ3n) is 3.41. The third kappa shape index (κ3) is 2.24. The average Bonchev–Trinajstić information content (AvgIpc) is 3.09. The molecule has 108 valence electrons. The number of nitrogens with zero attached hydrogens (tertiary/aromatic N) is 3. The van der Waals surface area contributed by atoms with E-state index >= 15 is 0 Å². The lowest BCUT2D eigenvalue weighted by atomic mass is 10.0. The molecular formula is C13H16ClN3O3. The van der Waals surface area contributed by atoms with Gasteiger partial charge >= 0.3 is 0 Å². The zero-order chi connectivity index (χ0) is 14.2. The van der Waals surface area contributed by atoms with Gasteiger partial charge < -0.3 is 18.5 Å². The Morgan fingerprint density at radius 2 is 2.35 bits per heavy atom. The Balaban J connectivity index is 1.95. The summed E-state index contributed by atoms with van der Waals surface area (Å²) >= 11 is 5.97. The van der Waals surface area contributed by atoms with Crippen LogP contribution < -0.4 is 0 Å². The average molecular weight is 298 g/mol. The summed E-state index contributed by atoms with van der Waals surface area (Å²) in [4.78, 5) is 0. The molecule has 1 aliphatic heterocycles. The van der Waals surface area contributed by atoms with Gasteiger partial charge in [0.25, 0.3) is 11.8 Å². The summed E-state index contributed by atoms with van der Waals surface area (Å²) in [6.07, 6.45) is 2.51. The van der Waals surface area contributed by atoms with Crippen LogP contribution in [0.25, 0.3) is 11.6 Å². The number of aromatic nitrogens is 3. The van der Waals surface area contributed by atoms with Crippen molar-refractivity contribution >= 4 is 11.6 Å². The van der Waals surface area contributed by atoms with E-state index in [1.165, 1.54) is 0 Å². The Morgan fingerprint density at radius 1 is 1.50 bits per heavy atom. The van der Waals surface area contributed by atoms with Crippen molar-refractivity contribution in [2.24, 2.45) is 7.05 Å². The largest absolute Gasteiger partial charge is 0.416 e. The fourth-order valence-corrected chi connectivity index (χ4v) is 2.66. The van der Waals surface area contributed by atoms with Gasteiger partial charge in [-0.25, -0.2) is 0 Å². The van der Waals surface area contributed by atoms with E-state index in [2.05, 4.69) is 10.2 Å². The molecule has 3 rings (SSSR count). The van der Waals surface area contributed by atoms with Crippen molar-refractivity contribution in [2.45, 2.75) is 18.9 Å². The van der Waals surface area contributed by atoms with Gasteiger partial charge in [0.05, 0.1) is 18.2 Å². The third-order valence-corrected chi connectivity index (χ3v) is 3.62. The molecule has 6 nitrogen and oxygen atoms in total. The highest BCUT2D eigenvalue weighted by molar-refractivity contribution is 6.30. The SMILES string of the molecule is CCOC1(c2nnc(-c3cc(Cl)cn3C)o2)CCOC1. The van der Waals surface area contributed by atoms with Crippen molar-refractivity contribution in [1.82, 2.24) is 14.8 Å². The zero-order valence-corrected chi connectivity index (χ0v) is 12.2. The molecule has 2 aromatic rings. The molecule has 3 heterocycles. The highest BCUT2D eigenvalue weighted by Crippen LogP contribution is 2.35. The molecule has 7 heteroatoms. The zero-order valence-electron chi connectivity index (χ0n) is 11.4. The van der Waals surface area contributed by atoms with Gasteiger partial charge in [-0.05, 0) is 13.0 Å². The van der Waals surface area contributed by atoms with Crippen molar-refractivity contribution in [2.75, 3.05) is 19.8 Å². The van der Waals surface area contributed by atoms with Crippen LogP contribution in [0.15, 0.2) is 16.7 Å². The van der Waals surface area contributed by atoms with Crippen molar-refractivity contribution in [3.63, 3.8) is 0 Å². The quantitative estimate of drug-likeness (QED) is 0.867. The summed E-state index contributed by atoms with van der Waals surface area (Å²) in [6, 6.07) is 1.79. The molecule has 0 aromatic carbocycles.